The number of anilines is 1. The molecule has 2 aromatic rings. The summed E-state index contributed by atoms with van der Waals surface area (Å²) in [5, 5.41) is 4.24. The van der Waals surface area contributed by atoms with Gasteiger partial charge in [0.2, 0.25) is 0 Å². The zero-order valence-corrected chi connectivity index (χ0v) is 12.9. The van der Waals surface area contributed by atoms with Gasteiger partial charge < -0.3 is 11.1 Å². The summed E-state index contributed by atoms with van der Waals surface area (Å²) in [5.41, 5.74) is 6.61. The average molecular weight is 310 g/mol. The summed E-state index contributed by atoms with van der Waals surface area (Å²) in [7, 11) is 0. The van der Waals surface area contributed by atoms with Crippen LogP contribution in [0, 0.1) is 0 Å². The quantitative estimate of drug-likeness (QED) is 0.850. The molecule has 4 nitrogen and oxygen atoms in total. The van der Waals surface area contributed by atoms with Gasteiger partial charge in [-0.05, 0) is 31.5 Å². The molecule has 1 aromatic carbocycles. The van der Waals surface area contributed by atoms with Crippen LogP contribution in [0.3, 0.4) is 0 Å². The average Bonchev–Trinajstić information content (AvgIpc) is 2.86. The number of carbonyl (C=O) groups excluding carboxylic acids is 1. The van der Waals surface area contributed by atoms with Gasteiger partial charge in [0.1, 0.15) is 5.01 Å². The molecule has 1 atom stereocenters. The van der Waals surface area contributed by atoms with Crippen LogP contribution in [-0.4, -0.2) is 10.9 Å². The van der Waals surface area contributed by atoms with Gasteiger partial charge in [0.05, 0.1) is 6.04 Å². The molecule has 6 heteroatoms. The summed E-state index contributed by atoms with van der Waals surface area (Å²) < 4.78 is 0. The lowest BCUT2D eigenvalue weighted by Gasteiger charge is -2.11. The highest BCUT2D eigenvalue weighted by molar-refractivity contribution is 7.11. The Morgan fingerprint density at radius 1 is 1.50 bits per heavy atom. The van der Waals surface area contributed by atoms with Crippen LogP contribution in [0.2, 0.25) is 5.02 Å². The highest BCUT2D eigenvalue weighted by atomic mass is 35.5. The summed E-state index contributed by atoms with van der Waals surface area (Å²) in [6.07, 6.45) is 2.79. The van der Waals surface area contributed by atoms with E-state index in [0.29, 0.717) is 16.3 Å². The SMILES string of the molecule is CCc1cnc(C(C)NC(=O)c2cc(N)cc(Cl)c2)s1. The molecule has 0 radical (unpaired) electrons. The first-order valence-corrected chi connectivity index (χ1v) is 7.50. The summed E-state index contributed by atoms with van der Waals surface area (Å²) in [4.78, 5) is 17.7. The predicted octanol–water partition coefficient (Wildman–Crippen LogP) is 3.43. The molecule has 0 aliphatic rings. The number of benzene rings is 1. The minimum absolute atomic E-state index is 0.145. The van der Waals surface area contributed by atoms with Crippen molar-refractivity contribution in [3.05, 3.63) is 44.9 Å². The van der Waals surface area contributed by atoms with Gasteiger partial charge in [-0.3, -0.25) is 4.79 Å². The van der Waals surface area contributed by atoms with Crippen molar-refractivity contribution in [2.24, 2.45) is 0 Å². The molecule has 1 unspecified atom stereocenters. The number of aromatic nitrogens is 1. The Kier molecular flexibility index (Phi) is 4.62. The number of nitrogens with two attached hydrogens (primary N) is 1. The second kappa shape index (κ2) is 6.24. The third-order valence-electron chi connectivity index (χ3n) is 2.82. The maximum atomic E-state index is 12.2. The molecule has 106 valence electrons. The van der Waals surface area contributed by atoms with Crippen molar-refractivity contribution < 1.29 is 4.79 Å². The van der Waals surface area contributed by atoms with E-state index in [2.05, 4.69) is 17.2 Å². The number of nitrogen functional groups attached to an aromatic ring is 1. The van der Waals surface area contributed by atoms with Crippen molar-refractivity contribution in [1.29, 1.82) is 0 Å². The van der Waals surface area contributed by atoms with Crippen LogP contribution < -0.4 is 11.1 Å². The molecule has 0 spiro atoms. The molecule has 0 saturated carbocycles. The summed E-state index contributed by atoms with van der Waals surface area (Å²) in [5.74, 6) is -0.208. The molecule has 1 aromatic heterocycles. The number of aryl methyl sites for hydroxylation is 1. The smallest absolute Gasteiger partial charge is 0.251 e. The Balaban J connectivity index is 2.10. The van der Waals surface area contributed by atoms with E-state index in [-0.39, 0.29) is 11.9 Å². The zero-order chi connectivity index (χ0) is 14.7. The predicted molar refractivity (Wildman–Crippen MR) is 83.2 cm³/mol. The monoisotopic (exact) mass is 309 g/mol. The maximum absolute atomic E-state index is 12.2. The van der Waals surface area contributed by atoms with Gasteiger partial charge in [-0.25, -0.2) is 4.98 Å². The Hall–Kier alpha value is -1.59. The molecule has 20 heavy (non-hydrogen) atoms. The zero-order valence-electron chi connectivity index (χ0n) is 11.3. The Bertz CT molecular complexity index is 606. The van der Waals surface area contributed by atoms with Gasteiger partial charge in [-0.1, -0.05) is 18.5 Å². The minimum atomic E-state index is -0.208. The fraction of sp³-hybridized carbons (Fsp3) is 0.286. The molecular weight excluding hydrogens is 294 g/mol. The third kappa shape index (κ3) is 3.49. The van der Waals surface area contributed by atoms with Crippen LogP contribution >= 0.6 is 22.9 Å². The van der Waals surface area contributed by atoms with Crippen molar-refractivity contribution in [2.75, 3.05) is 5.73 Å². The van der Waals surface area contributed by atoms with Crippen LogP contribution in [0.25, 0.3) is 0 Å². The Morgan fingerprint density at radius 3 is 2.85 bits per heavy atom. The number of hydrogen-bond acceptors (Lipinski definition) is 4. The van der Waals surface area contributed by atoms with Gasteiger partial charge in [0.15, 0.2) is 0 Å². The molecule has 0 saturated heterocycles. The second-order valence-corrected chi connectivity index (χ2v) is 6.07. The number of halogens is 1. The van der Waals surface area contributed by atoms with Gasteiger partial charge >= 0.3 is 0 Å². The van der Waals surface area contributed by atoms with Gasteiger partial charge in [0.25, 0.3) is 5.91 Å². The number of nitrogens with zero attached hydrogens (tertiary/aromatic N) is 1. The third-order valence-corrected chi connectivity index (χ3v) is 4.36. The number of amides is 1. The van der Waals surface area contributed by atoms with E-state index in [1.54, 1.807) is 29.5 Å². The molecule has 0 bridgehead atoms. The van der Waals surface area contributed by atoms with Crippen molar-refractivity contribution in [2.45, 2.75) is 26.3 Å². The van der Waals surface area contributed by atoms with E-state index in [0.717, 1.165) is 11.4 Å². The standard InChI is InChI=1S/C14H16ClN3OS/c1-3-12-7-17-14(20-12)8(2)18-13(19)9-4-10(15)6-11(16)5-9/h4-8H,3,16H2,1-2H3,(H,18,19). The van der Waals surface area contributed by atoms with E-state index in [1.807, 2.05) is 13.1 Å². The van der Waals surface area contributed by atoms with Crippen molar-refractivity contribution in [3.8, 4) is 0 Å². The second-order valence-electron chi connectivity index (χ2n) is 4.49. The maximum Gasteiger partial charge on any atom is 0.251 e. The lowest BCUT2D eigenvalue weighted by atomic mass is 10.2. The van der Waals surface area contributed by atoms with Crippen LogP contribution in [0.4, 0.5) is 5.69 Å². The number of carbonyl (C=O) groups is 1. The van der Waals surface area contributed by atoms with Crippen molar-refractivity contribution in [3.63, 3.8) is 0 Å². The molecule has 0 fully saturated rings. The number of nitrogens with one attached hydrogen (secondary N) is 1. The minimum Gasteiger partial charge on any atom is -0.399 e. The van der Waals surface area contributed by atoms with Crippen LogP contribution in [0.5, 0.6) is 0 Å². The van der Waals surface area contributed by atoms with E-state index in [9.17, 15) is 4.79 Å². The van der Waals surface area contributed by atoms with Crippen LogP contribution in [-0.2, 0) is 6.42 Å². The van der Waals surface area contributed by atoms with Gasteiger partial charge in [-0.15, -0.1) is 11.3 Å². The summed E-state index contributed by atoms with van der Waals surface area (Å²) >= 11 is 7.51. The number of hydrogen-bond donors (Lipinski definition) is 2. The van der Waals surface area contributed by atoms with Crippen molar-refractivity contribution >= 4 is 34.5 Å². The van der Waals surface area contributed by atoms with Gasteiger partial charge in [-0.2, -0.15) is 0 Å². The van der Waals surface area contributed by atoms with Gasteiger partial charge in [0, 0.05) is 27.3 Å². The highest BCUT2D eigenvalue weighted by Gasteiger charge is 2.15. The lowest BCUT2D eigenvalue weighted by Crippen LogP contribution is -2.26. The fourth-order valence-electron chi connectivity index (χ4n) is 1.77. The molecule has 1 heterocycles. The fourth-order valence-corrected chi connectivity index (χ4v) is 2.87. The number of rotatable bonds is 4. The first kappa shape index (κ1) is 14.8. The summed E-state index contributed by atoms with van der Waals surface area (Å²) in [6.45, 7) is 3.99. The van der Waals surface area contributed by atoms with E-state index < -0.39 is 0 Å². The van der Waals surface area contributed by atoms with E-state index in [1.165, 1.54) is 4.88 Å². The number of thiazole rings is 1. The molecular formula is C14H16ClN3OS. The first-order valence-electron chi connectivity index (χ1n) is 6.31. The van der Waals surface area contributed by atoms with Crippen molar-refractivity contribution in [1.82, 2.24) is 10.3 Å². The summed E-state index contributed by atoms with van der Waals surface area (Å²) in [6, 6.07) is 4.66. The Labute approximate surface area is 127 Å². The molecule has 0 aliphatic carbocycles. The molecule has 0 aliphatic heterocycles. The molecule has 3 N–H and O–H groups in total. The van der Waals surface area contributed by atoms with Crippen LogP contribution in [0.1, 0.15) is 40.1 Å². The highest BCUT2D eigenvalue weighted by Crippen LogP contribution is 2.21. The first-order chi connectivity index (χ1) is 9.49. The topological polar surface area (TPSA) is 68.0 Å². The molecule has 2 rings (SSSR count). The normalized spacial score (nSPS) is 12.2. The Morgan fingerprint density at radius 2 is 2.25 bits per heavy atom. The van der Waals surface area contributed by atoms with Crippen LogP contribution in [0.15, 0.2) is 24.4 Å². The molecule has 1 amide bonds. The van der Waals surface area contributed by atoms with E-state index >= 15 is 0 Å². The van der Waals surface area contributed by atoms with E-state index in [4.69, 9.17) is 17.3 Å². The lowest BCUT2D eigenvalue weighted by molar-refractivity contribution is 0.0940. The largest absolute Gasteiger partial charge is 0.399 e.